The molecule has 0 saturated carbocycles. The summed E-state index contributed by atoms with van der Waals surface area (Å²) in [7, 11) is 0. The molecule has 0 bridgehead atoms. The van der Waals surface area contributed by atoms with E-state index in [9.17, 15) is 9.59 Å². The minimum absolute atomic E-state index is 0.0609. The maximum absolute atomic E-state index is 12.5. The van der Waals surface area contributed by atoms with Crippen LogP contribution >= 0.6 is 23.2 Å². The summed E-state index contributed by atoms with van der Waals surface area (Å²) in [5.41, 5.74) is 2.60. The number of carbonyl (C=O) groups excluding carboxylic acids is 2. The van der Waals surface area contributed by atoms with Gasteiger partial charge in [0.1, 0.15) is 0 Å². The van der Waals surface area contributed by atoms with E-state index in [0.717, 1.165) is 24.8 Å². The first-order valence-corrected chi connectivity index (χ1v) is 9.25. The molecule has 2 aromatic carbocycles. The van der Waals surface area contributed by atoms with Crippen molar-refractivity contribution in [2.75, 3.05) is 0 Å². The van der Waals surface area contributed by atoms with E-state index in [0.29, 0.717) is 10.0 Å². The van der Waals surface area contributed by atoms with Gasteiger partial charge < -0.3 is 10.1 Å². The molecule has 0 heterocycles. The number of nitrogens with one attached hydrogen (secondary N) is 1. The number of hydrogen-bond donors (Lipinski definition) is 1. The van der Waals surface area contributed by atoms with Crippen LogP contribution in [0.4, 0.5) is 0 Å². The Morgan fingerprint density at radius 3 is 2.58 bits per heavy atom. The number of hydrogen-bond acceptors (Lipinski definition) is 3. The highest BCUT2D eigenvalue weighted by Gasteiger charge is 2.25. The molecule has 1 N–H and O–H groups in total. The van der Waals surface area contributed by atoms with E-state index in [1.165, 1.54) is 23.8 Å². The van der Waals surface area contributed by atoms with Gasteiger partial charge in [-0.15, -0.1) is 0 Å². The summed E-state index contributed by atoms with van der Waals surface area (Å²) >= 11 is 11.8. The van der Waals surface area contributed by atoms with Gasteiger partial charge in [-0.25, -0.2) is 4.79 Å². The van der Waals surface area contributed by atoms with Gasteiger partial charge in [0.25, 0.3) is 5.91 Å². The predicted molar refractivity (Wildman–Crippen MR) is 102 cm³/mol. The Morgan fingerprint density at radius 2 is 1.85 bits per heavy atom. The molecule has 3 rings (SSSR count). The number of halogens is 2. The van der Waals surface area contributed by atoms with Crippen molar-refractivity contribution < 1.29 is 14.3 Å². The normalized spacial score (nSPS) is 17.1. The maximum Gasteiger partial charge on any atom is 0.339 e. The molecule has 26 heavy (non-hydrogen) atoms. The summed E-state index contributed by atoms with van der Waals surface area (Å²) in [6, 6.07) is 12.5. The number of rotatable bonds is 4. The lowest BCUT2D eigenvalue weighted by Gasteiger charge is -2.27. The Hall–Kier alpha value is -2.04. The number of esters is 1. The molecule has 0 aliphatic heterocycles. The molecule has 6 heteroatoms. The summed E-state index contributed by atoms with van der Waals surface area (Å²) in [6.45, 7) is 1.55. The highest BCUT2D eigenvalue weighted by Crippen LogP contribution is 2.29. The van der Waals surface area contributed by atoms with Crippen molar-refractivity contribution in [2.24, 2.45) is 0 Å². The van der Waals surface area contributed by atoms with Crippen molar-refractivity contribution >= 4 is 35.1 Å². The largest absolute Gasteiger partial charge is 0.449 e. The molecule has 1 amide bonds. The number of ether oxygens (including phenoxy) is 1. The second-order valence-corrected chi connectivity index (χ2v) is 7.23. The van der Waals surface area contributed by atoms with Crippen molar-refractivity contribution in [3.63, 3.8) is 0 Å². The molecule has 2 aromatic rings. The van der Waals surface area contributed by atoms with Crippen molar-refractivity contribution in [3.8, 4) is 0 Å². The van der Waals surface area contributed by atoms with Gasteiger partial charge in [0.15, 0.2) is 6.10 Å². The van der Waals surface area contributed by atoms with Crippen LogP contribution in [0.15, 0.2) is 42.5 Å². The Bertz CT molecular complexity index is 817. The van der Waals surface area contributed by atoms with Crippen LogP contribution in [0.2, 0.25) is 10.0 Å². The second-order valence-electron chi connectivity index (χ2n) is 6.36. The zero-order valence-electron chi connectivity index (χ0n) is 14.3. The van der Waals surface area contributed by atoms with Crippen molar-refractivity contribution in [1.82, 2.24) is 5.32 Å². The topological polar surface area (TPSA) is 55.4 Å². The van der Waals surface area contributed by atoms with E-state index in [-0.39, 0.29) is 17.5 Å². The number of fused-ring (bicyclic) bond motifs is 1. The number of amides is 1. The standard InChI is InChI=1S/C20H19Cl2NO3/c1-12(26-20(25)14-9-15(21)11-16(22)10-14)19(24)23-18-8-4-6-13-5-2-3-7-17(13)18/h2-3,5,7,9-12,18H,4,6,8H2,1H3,(H,23,24)/t12-,18-/m1/s1. The highest BCUT2D eigenvalue weighted by molar-refractivity contribution is 6.35. The van der Waals surface area contributed by atoms with Crippen LogP contribution in [-0.2, 0) is 16.0 Å². The quantitative estimate of drug-likeness (QED) is 0.766. The first-order chi connectivity index (χ1) is 12.4. The third kappa shape index (κ3) is 4.37. The van der Waals surface area contributed by atoms with Gasteiger partial charge in [0, 0.05) is 10.0 Å². The van der Waals surface area contributed by atoms with Gasteiger partial charge in [-0.2, -0.15) is 0 Å². The average molecular weight is 392 g/mol. The first-order valence-electron chi connectivity index (χ1n) is 8.49. The molecule has 1 aliphatic rings. The summed E-state index contributed by atoms with van der Waals surface area (Å²) < 4.78 is 5.27. The van der Waals surface area contributed by atoms with E-state index >= 15 is 0 Å². The minimum atomic E-state index is -0.922. The van der Waals surface area contributed by atoms with E-state index < -0.39 is 12.1 Å². The van der Waals surface area contributed by atoms with E-state index in [2.05, 4.69) is 11.4 Å². The molecule has 0 unspecified atom stereocenters. The van der Waals surface area contributed by atoms with Crippen molar-refractivity contribution in [2.45, 2.75) is 38.3 Å². The third-order valence-corrected chi connectivity index (χ3v) is 4.87. The van der Waals surface area contributed by atoms with Crippen LogP contribution in [0.25, 0.3) is 0 Å². The monoisotopic (exact) mass is 391 g/mol. The number of benzene rings is 2. The summed E-state index contributed by atoms with van der Waals surface area (Å²) in [6.07, 6.45) is 1.97. The Balaban J connectivity index is 1.64. The fourth-order valence-electron chi connectivity index (χ4n) is 3.15. The maximum atomic E-state index is 12.5. The smallest absolute Gasteiger partial charge is 0.339 e. The molecule has 4 nitrogen and oxygen atoms in total. The molecule has 2 atom stereocenters. The Labute approximate surface area is 162 Å². The molecule has 0 saturated heterocycles. The van der Waals surface area contributed by atoms with Crippen molar-refractivity contribution in [3.05, 3.63) is 69.2 Å². The van der Waals surface area contributed by atoms with Gasteiger partial charge in [0.05, 0.1) is 11.6 Å². The molecular weight excluding hydrogens is 373 g/mol. The number of carbonyl (C=O) groups is 2. The summed E-state index contributed by atoms with van der Waals surface area (Å²) in [5, 5.41) is 3.65. The van der Waals surface area contributed by atoms with Crippen LogP contribution in [0, 0.1) is 0 Å². The van der Waals surface area contributed by atoms with Gasteiger partial charge in [-0.3, -0.25) is 4.79 Å². The molecule has 1 aliphatic carbocycles. The molecule has 0 fully saturated rings. The predicted octanol–water partition coefficient (Wildman–Crippen LogP) is 4.73. The van der Waals surface area contributed by atoms with Crippen LogP contribution in [0.1, 0.15) is 47.3 Å². The molecule has 0 radical (unpaired) electrons. The fraction of sp³-hybridized carbons (Fsp3) is 0.300. The Morgan fingerprint density at radius 1 is 1.15 bits per heavy atom. The van der Waals surface area contributed by atoms with Gasteiger partial charge in [-0.1, -0.05) is 47.5 Å². The average Bonchev–Trinajstić information content (AvgIpc) is 2.61. The van der Waals surface area contributed by atoms with Crippen molar-refractivity contribution in [1.29, 1.82) is 0 Å². The lowest BCUT2D eigenvalue weighted by atomic mass is 9.87. The van der Waals surface area contributed by atoms with E-state index in [4.69, 9.17) is 27.9 Å². The van der Waals surface area contributed by atoms with Gasteiger partial charge >= 0.3 is 5.97 Å². The van der Waals surface area contributed by atoms with Crippen LogP contribution in [0.3, 0.4) is 0 Å². The van der Waals surface area contributed by atoms with Crippen LogP contribution in [0.5, 0.6) is 0 Å². The summed E-state index contributed by atoms with van der Waals surface area (Å²) in [4.78, 5) is 24.7. The van der Waals surface area contributed by atoms with Crippen LogP contribution < -0.4 is 5.32 Å². The number of aryl methyl sites for hydroxylation is 1. The minimum Gasteiger partial charge on any atom is -0.449 e. The summed E-state index contributed by atoms with van der Waals surface area (Å²) in [5.74, 6) is -0.964. The lowest BCUT2D eigenvalue weighted by Crippen LogP contribution is -2.39. The van der Waals surface area contributed by atoms with E-state index in [1.807, 2.05) is 18.2 Å². The highest BCUT2D eigenvalue weighted by atomic mass is 35.5. The molecule has 0 spiro atoms. The third-order valence-electron chi connectivity index (χ3n) is 4.44. The molecule has 136 valence electrons. The molecule has 0 aromatic heterocycles. The fourth-order valence-corrected chi connectivity index (χ4v) is 3.67. The zero-order chi connectivity index (χ0) is 18.7. The van der Waals surface area contributed by atoms with Gasteiger partial charge in [0.2, 0.25) is 0 Å². The van der Waals surface area contributed by atoms with Crippen LogP contribution in [-0.4, -0.2) is 18.0 Å². The zero-order valence-corrected chi connectivity index (χ0v) is 15.8. The SMILES string of the molecule is C[C@@H](OC(=O)c1cc(Cl)cc(Cl)c1)C(=O)N[C@@H]1CCCc2ccccc21. The Kier molecular flexibility index (Phi) is 5.84. The molecular formula is C20H19Cl2NO3. The first kappa shape index (κ1) is 18.7. The van der Waals surface area contributed by atoms with Gasteiger partial charge in [-0.05, 0) is 55.5 Å². The second kappa shape index (κ2) is 8.11. The lowest BCUT2D eigenvalue weighted by molar-refractivity contribution is -0.130. The van der Waals surface area contributed by atoms with E-state index in [1.54, 1.807) is 6.92 Å².